The van der Waals surface area contributed by atoms with Crippen molar-refractivity contribution in [2.75, 3.05) is 32.6 Å². The topological polar surface area (TPSA) is 61.8 Å². The first-order valence-electron chi connectivity index (χ1n) is 5.05. The molecule has 90 valence electrons. The van der Waals surface area contributed by atoms with Gasteiger partial charge in [-0.1, -0.05) is 0 Å². The second-order valence-electron chi connectivity index (χ2n) is 2.78. The fourth-order valence-electron chi connectivity index (χ4n) is 0.999. The van der Waals surface area contributed by atoms with Crippen molar-refractivity contribution in [1.29, 1.82) is 0 Å². The van der Waals surface area contributed by atoms with Gasteiger partial charge in [-0.2, -0.15) is 0 Å². The lowest BCUT2D eigenvalue weighted by Crippen LogP contribution is -2.15. The molecule has 0 bridgehead atoms. The van der Waals surface area contributed by atoms with Gasteiger partial charge >= 0.3 is 7.60 Å². The largest absolute Gasteiger partial charge is 0.374 e. The van der Waals surface area contributed by atoms with E-state index in [1.54, 1.807) is 20.8 Å². The lowest BCUT2D eigenvalue weighted by Gasteiger charge is -2.15. The van der Waals surface area contributed by atoms with Gasteiger partial charge in [-0.15, -0.1) is 0 Å². The highest BCUT2D eigenvalue weighted by atomic mass is 31.2. The minimum Gasteiger partial charge on any atom is -0.374 e. The van der Waals surface area contributed by atoms with Crippen LogP contribution in [0.25, 0.3) is 0 Å². The summed E-state index contributed by atoms with van der Waals surface area (Å²) in [5, 5.41) is 0. The molecule has 0 heterocycles. The Hall–Kier alpha value is -0.220. The Balaban J connectivity index is 4.15. The number of carbonyl (C=O) groups is 1. The Labute approximate surface area is 90.6 Å². The van der Waals surface area contributed by atoms with Gasteiger partial charge in [0.2, 0.25) is 0 Å². The zero-order valence-electron chi connectivity index (χ0n) is 9.52. The monoisotopic (exact) mass is 238 g/mol. The van der Waals surface area contributed by atoms with Crippen LogP contribution in [0.3, 0.4) is 0 Å². The minimum atomic E-state index is -3.25. The maximum absolute atomic E-state index is 11.9. The Bertz CT molecular complexity index is 219. The average Bonchev–Trinajstić information content (AvgIpc) is 2.15. The standard InChI is InChI=1S/C9H19O5P/c1-4-12-7-9(10)8-15(11,13-5-2)14-6-3/h4-8H2,1-3H3. The Morgan fingerprint density at radius 1 is 1.07 bits per heavy atom. The fourth-order valence-corrected chi connectivity index (χ4v) is 2.57. The van der Waals surface area contributed by atoms with Crippen LogP contribution in [0.1, 0.15) is 20.8 Å². The third kappa shape index (κ3) is 6.79. The number of Topliss-reactive ketones (excluding diaryl/α,β-unsaturated/α-hetero) is 1. The van der Waals surface area contributed by atoms with Crippen LogP contribution in [-0.2, 0) is 23.1 Å². The second kappa shape index (κ2) is 7.99. The van der Waals surface area contributed by atoms with Crippen LogP contribution < -0.4 is 0 Å². The van der Waals surface area contributed by atoms with Gasteiger partial charge in [0, 0.05) is 6.61 Å². The molecule has 0 radical (unpaired) electrons. The quantitative estimate of drug-likeness (QED) is 0.574. The Kier molecular flexibility index (Phi) is 7.88. The molecular weight excluding hydrogens is 219 g/mol. The van der Waals surface area contributed by atoms with Crippen molar-refractivity contribution >= 4 is 13.4 Å². The third-order valence-corrected chi connectivity index (χ3v) is 3.53. The summed E-state index contributed by atoms with van der Waals surface area (Å²) in [5.41, 5.74) is 0. The lowest BCUT2D eigenvalue weighted by atomic mass is 10.5. The van der Waals surface area contributed by atoms with Gasteiger partial charge in [0.25, 0.3) is 0 Å². The molecule has 0 atom stereocenters. The molecule has 0 fully saturated rings. The average molecular weight is 238 g/mol. The number of hydrogen-bond acceptors (Lipinski definition) is 5. The summed E-state index contributed by atoms with van der Waals surface area (Å²) in [4.78, 5) is 11.3. The Morgan fingerprint density at radius 2 is 1.60 bits per heavy atom. The van der Waals surface area contributed by atoms with E-state index in [-0.39, 0.29) is 31.8 Å². The lowest BCUT2D eigenvalue weighted by molar-refractivity contribution is -0.121. The Morgan fingerprint density at radius 3 is 2.00 bits per heavy atom. The molecule has 0 rings (SSSR count). The number of ketones is 1. The van der Waals surface area contributed by atoms with Gasteiger partial charge in [-0.05, 0) is 20.8 Å². The number of hydrogen-bond donors (Lipinski definition) is 0. The summed E-state index contributed by atoms with van der Waals surface area (Å²) < 4.78 is 26.7. The van der Waals surface area contributed by atoms with E-state index in [2.05, 4.69) is 0 Å². The molecule has 0 saturated carbocycles. The van der Waals surface area contributed by atoms with Crippen molar-refractivity contribution in [2.45, 2.75) is 20.8 Å². The number of ether oxygens (including phenoxy) is 1. The third-order valence-electron chi connectivity index (χ3n) is 1.49. The van der Waals surface area contributed by atoms with Crippen LogP contribution in [0.2, 0.25) is 0 Å². The molecule has 0 aliphatic rings. The highest BCUT2D eigenvalue weighted by Gasteiger charge is 2.27. The van der Waals surface area contributed by atoms with E-state index in [1.807, 2.05) is 0 Å². The normalized spacial score (nSPS) is 11.7. The van der Waals surface area contributed by atoms with E-state index in [1.165, 1.54) is 0 Å². The van der Waals surface area contributed by atoms with E-state index >= 15 is 0 Å². The molecule has 15 heavy (non-hydrogen) atoms. The van der Waals surface area contributed by atoms with E-state index in [4.69, 9.17) is 13.8 Å². The first-order chi connectivity index (χ1) is 7.08. The van der Waals surface area contributed by atoms with Gasteiger partial charge in [0.15, 0.2) is 5.78 Å². The van der Waals surface area contributed by atoms with Crippen LogP contribution >= 0.6 is 7.60 Å². The molecule has 0 aromatic heterocycles. The molecule has 5 nitrogen and oxygen atoms in total. The summed E-state index contributed by atoms with van der Waals surface area (Å²) in [6.45, 7) is 6.15. The zero-order chi connectivity index (χ0) is 11.7. The van der Waals surface area contributed by atoms with Gasteiger partial charge in [0.05, 0.1) is 13.2 Å². The number of rotatable bonds is 9. The van der Waals surface area contributed by atoms with Crippen LogP contribution in [-0.4, -0.2) is 38.4 Å². The summed E-state index contributed by atoms with van der Waals surface area (Å²) in [6, 6.07) is 0. The molecule has 6 heteroatoms. The van der Waals surface area contributed by atoms with Crippen molar-refractivity contribution in [3.05, 3.63) is 0 Å². The highest BCUT2D eigenvalue weighted by molar-refractivity contribution is 7.54. The van der Waals surface area contributed by atoms with Gasteiger partial charge in [-0.25, -0.2) is 0 Å². The maximum atomic E-state index is 11.9. The first kappa shape index (κ1) is 14.8. The van der Waals surface area contributed by atoms with E-state index in [0.29, 0.717) is 6.61 Å². The molecule has 0 aromatic rings. The second-order valence-corrected chi connectivity index (χ2v) is 4.83. The van der Waals surface area contributed by atoms with Crippen molar-refractivity contribution < 1.29 is 23.1 Å². The summed E-state index contributed by atoms with van der Waals surface area (Å²) in [7, 11) is -3.25. The molecule has 0 aromatic carbocycles. The minimum absolute atomic E-state index is 0.0410. The van der Waals surface area contributed by atoms with E-state index < -0.39 is 7.60 Å². The smallest absolute Gasteiger partial charge is 0.338 e. The van der Waals surface area contributed by atoms with Crippen molar-refractivity contribution in [1.82, 2.24) is 0 Å². The van der Waals surface area contributed by atoms with Gasteiger partial charge in [-0.3, -0.25) is 9.36 Å². The number of carbonyl (C=O) groups excluding carboxylic acids is 1. The highest BCUT2D eigenvalue weighted by Crippen LogP contribution is 2.47. The molecule has 0 aliphatic heterocycles. The molecule has 0 amide bonds. The van der Waals surface area contributed by atoms with Gasteiger partial charge < -0.3 is 13.8 Å². The van der Waals surface area contributed by atoms with Crippen LogP contribution in [0.5, 0.6) is 0 Å². The SMILES string of the molecule is CCOCC(=O)CP(=O)(OCC)OCC. The fraction of sp³-hybridized carbons (Fsp3) is 0.889. The van der Waals surface area contributed by atoms with Crippen LogP contribution in [0.4, 0.5) is 0 Å². The van der Waals surface area contributed by atoms with Crippen molar-refractivity contribution in [2.24, 2.45) is 0 Å². The zero-order valence-corrected chi connectivity index (χ0v) is 10.4. The maximum Gasteiger partial charge on any atom is 0.338 e. The molecule has 0 aliphatic carbocycles. The predicted octanol–water partition coefficient (Wildman–Crippen LogP) is 1.86. The first-order valence-corrected chi connectivity index (χ1v) is 6.78. The van der Waals surface area contributed by atoms with E-state index in [9.17, 15) is 9.36 Å². The molecule has 0 unspecified atom stereocenters. The van der Waals surface area contributed by atoms with Crippen molar-refractivity contribution in [3.8, 4) is 0 Å². The van der Waals surface area contributed by atoms with Crippen LogP contribution in [0, 0.1) is 0 Å². The summed E-state index contributed by atoms with van der Waals surface area (Å²) in [6.07, 6.45) is -0.214. The molecule has 0 N–H and O–H groups in total. The van der Waals surface area contributed by atoms with E-state index in [0.717, 1.165) is 0 Å². The molecule has 0 saturated heterocycles. The molecule has 0 spiro atoms. The van der Waals surface area contributed by atoms with Crippen LogP contribution in [0.15, 0.2) is 0 Å². The van der Waals surface area contributed by atoms with Crippen molar-refractivity contribution in [3.63, 3.8) is 0 Å². The van der Waals surface area contributed by atoms with Gasteiger partial charge in [0.1, 0.15) is 12.8 Å². The predicted molar refractivity (Wildman–Crippen MR) is 57.2 cm³/mol. The summed E-state index contributed by atoms with van der Waals surface area (Å²) in [5.74, 6) is -0.262. The summed E-state index contributed by atoms with van der Waals surface area (Å²) >= 11 is 0. The molecular formula is C9H19O5P.